The van der Waals surface area contributed by atoms with E-state index in [1.54, 1.807) is 0 Å². The molecule has 0 aromatic rings. The van der Waals surface area contributed by atoms with E-state index in [0.717, 1.165) is 0 Å². The fourth-order valence-electron chi connectivity index (χ4n) is 1.68. The zero-order valence-corrected chi connectivity index (χ0v) is 10.4. The van der Waals surface area contributed by atoms with Gasteiger partial charge in [-0.1, -0.05) is 46.5 Å². The molecule has 0 aromatic carbocycles. The Hall–Kier alpha value is -0.0400. The lowest BCUT2D eigenvalue weighted by Crippen LogP contribution is -2.23. The average molecular weight is 198 g/mol. The SMILES string of the molecule is CC[CH]N(CCCCC)CCCCC. The Labute approximate surface area is 90.9 Å². The summed E-state index contributed by atoms with van der Waals surface area (Å²) in [6.45, 7) is 11.7. The second kappa shape index (κ2) is 11.0. The van der Waals surface area contributed by atoms with E-state index >= 15 is 0 Å². The Kier molecular flexibility index (Phi) is 11.0. The van der Waals surface area contributed by atoms with Crippen LogP contribution in [0.5, 0.6) is 0 Å². The lowest BCUT2D eigenvalue weighted by molar-refractivity contribution is 0.310. The fourth-order valence-corrected chi connectivity index (χ4v) is 1.68. The molecule has 0 amide bonds. The Morgan fingerprint density at radius 3 is 1.64 bits per heavy atom. The van der Waals surface area contributed by atoms with Crippen LogP contribution in [0, 0.1) is 6.54 Å². The summed E-state index contributed by atoms with van der Waals surface area (Å²) in [5, 5.41) is 0. The molecule has 0 aliphatic carbocycles. The van der Waals surface area contributed by atoms with E-state index < -0.39 is 0 Å². The monoisotopic (exact) mass is 198 g/mol. The third-order valence-corrected chi connectivity index (χ3v) is 2.54. The van der Waals surface area contributed by atoms with Crippen LogP contribution >= 0.6 is 0 Å². The lowest BCUT2D eigenvalue weighted by Gasteiger charge is -2.20. The largest absolute Gasteiger partial charge is 0.299 e. The van der Waals surface area contributed by atoms with Gasteiger partial charge < -0.3 is 0 Å². The standard InChI is InChI=1S/C13H28N/c1-4-7-9-12-14(11-6-3)13-10-8-5-2/h11H,4-10,12-13H2,1-3H3. The van der Waals surface area contributed by atoms with Crippen LogP contribution in [0.25, 0.3) is 0 Å². The molecule has 1 nitrogen and oxygen atoms in total. The molecule has 14 heavy (non-hydrogen) atoms. The van der Waals surface area contributed by atoms with Crippen molar-refractivity contribution in [1.82, 2.24) is 4.90 Å². The molecule has 0 bridgehead atoms. The fraction of sp³-hybridized carbons (Fsp3) is 0.923. The maximum atomic E-state index is 2.52. The number of hydrogen-bond acceptors (Lipinski definition) is 1. The van der Waals surface area contributed by atoms with E-state index in [4.69, 9.17) is 0 Å². The van der Waals surface area contributed by atoms with Gasteiger partial charge in [0.2, 0.25) is 0 Å². The highest BCUT2D eigenvalue weighted by Crippen LogP contribution is 2.05. The van der Waals surface area contributed by atoms with Crippen LogP contribution in [0.3, 0.4) is 0 Å². The Morgan fingerprint density at radius 2 is 1.29 bits per heavy atom. The number of nitrogens with zero attached hydrogens (tertiary/aromatic N) is 1. The highest BCUT2D eigenvalue weighted by molar-refractivity contribution is 4.67. The molecule has 1 radical (unpaired) electrons. The van der Waals surface area contributed by atoms with Gasteiger partial charge in [-0.3, -0.25) is 4.90 Å². The Balaban J connectivity index is 3.44. The van der Waals surface area contributed by atoms with Crippen molar-refractivity contribution in [3.8, 4) is 0 Å². The first kappa shape index (κ1) is 14.0. The summed E-state index contributed by atoms with van der Waals surface area (Å²) in [5.74, 6) is 0. The van der Waals surface area contributed by atoms with Crippen molar-refractivity contribution in [2.45, 2.75) is 65.7 Å². The maximum Gasteiger partial charge on any atom is 0.0248 e. The summed E-state index contributed by atoms with van der Waals surface area (Å²) >= 11 is 0. The molecule has 1 heteroatoms. The van der Waals surface area contributed by atoms with E-state index in [2.05, 4.69) is 32.2 Å². The predicted octanol–water partition coefficient (Wildman–Crippen LogP) is 4.24. The van der Waals surface area contributed by atoms with Crippen LogP contribution in [-0.4, -0.2) is 18.0 Å². The minimum atomic E-state index is 1.18. The molecule has 0 fully saturated rings. The molecule has 0 heterocycles. The van der Waals surface area contributed by atoms with Gasteiger partial charge in [-0.15, -0.1) is 0 Å². The molecule has 85 valence electrons. The normalized spacial score (nSPS) is 11.1. The summed E-state index contributed by atoms with van der Waals surface area (Å²) in [6, 6.07) is 0. The molecule has 0 aromatic heterocycles. The van der Waals surface area contributed by atoms with Crippen molar-refractivity contribution in [3.05, 3.63) is 6.54 Å². The average Bonchev–Trinajstić information content (AvgIpc) is 2.18. The van der Waals surface area contributed by atoms with E-state index in [0.29, 0.717) is 0 Å². The summed E-state index contributed by atoms with van der Waals surface area (Å²) in [6.07, 6.45) is 9.31. The van der Waals surface area contributed by atoms with Gasteiger partial charge in [0.05, 0.1) is 0 Å². The van der Waals surface area contributed by atoms with Crippen molar-refractivity contribution in [2.75, 3.05) is 13.1 Å². The van der Waals surface area contributed by atoms with E-state index in [-0.39, 0.29) is 0 Å². The van der Waals surface area contributed by atoms with Crippen molar-refractivity contribution < 1.29 is 0 Å². The smallest absolute Gasteiger partial charge is 0.0248 e. The summed E-state index contributed by atoms with van der Waals surface area (Å²) in [5.41, 5.74) is 0. The molecule has 0 saturated carbocycles. The van der Waals surface area contributed by atoms with E-state index in [9.17, 15) is 0 Å². The van der Waals surface area contributed by atoms with Gasteiger partial charge in [0, 0.05) is 6.54 Å². The van der Waals surface area contributed by atoms with E-state index in [1.165, 1.54) is 58.0 Å². The summed E-state index contributed by atoms with van der Waals surface area (Å²) in [7, 11) is 0. The highest BCUT2D eigenvalue weighted by Gasteiger charge is 2.02. The summed E-state index contributed by atoms with van der Waals surface area (Å²) in [4.78, 5) is 2.52. The van der Waals surface area contributed by atoms with Gasteiger partial charge in [0.25, 0.3) is 0 Å². The van der Waals surface area contributed by atoms with Gasteiger partial charge >= 0.3 is 0 Å². The van der Waals surface area contributed by atoms with Crippen LogP contribution in [-0.2, 0) is 0 Å². The molecule has 0 atom stereocenters. The zero-order chi connectivity index (χ0) is 10.6. The molecule has 0 spiro atoms. The van der Waals surface area contributed by atoms with Crippen molar-refractivity contribution >= 4 is 0 Å². The molecule has 0 aliphatic rings. The first-order chi connectivity index (χ1) is 6.85. The molecule has 0 N–H and O–H groups in total. The molecule has 0 unspecified atom stereocenters. The minimum absolute atomic E-state index is 1.18. The molecular weight excluding hydrogens is 170 g/mol. The number of unbranched alkanes of at least 4 members (excludes halogenated alkanes) is 4. The van der Waals surface area contributed by atoms with Crippen LogP contribution in [0.1, 0.15) is 65.7 Å². The highest BCUT2D eigenvalue weighted by atomic mass is 15.1. The van der Waals surface area contributed by atoms with Gasteiger partial charge in [0.15, 0.2) is 0 Å². The quantitative estimate of drug-likeness (QED) is 0.475. The Morgan fingerprint density at radius 1 is 0.786 bits per heavy atom. The van der Waals surface area contributed by atoms with Crippen molar-refractivity contribution in [3.63, 3.8) is 0 Å². The maximum absolute atomic E-state index is 2.52. The number of hydrogen-bond donors (Lipinski definition) is 0. The minimum Gasteiger partial charge on any atom is -0.299 e. The van der Waals surface area contributed by atoms with Crippen molar-refractivity contribution in [1.29, 1.82) is 0 Å². The third-order valence-electron chi connectivity index (χ3n) is 2.54. The van der Waals surface area contributed by atoms with Gasteiger partial charge in [-0.25, -0.2) is 0 Å². The first-order valence-electron chi connectivity index (χ1n) is 6.42. The zero-order valence-electron chi connectivity index (χ0n) is 10.4. The van der Waals surface area contributed by atoms with Crippen LogP contribution in [0.4, 0.5) is 0 Å². The topological polar surface area (TPSA) is 3.24 Å². The molecule has 0 aliphatic heterocycles. The van der Waals surface area contributed by atoms with Gasteiger partial charge in [0.1, 0.15) is 0 Å². The first-order valence-corrected chi connectivity index (χ1v) is 6.42. The second-order valence-electron chi connectivity index (χ2n) is 4.04. The van der Waals surface area contributed by atoms with Crippen LogP contribution < -0.4 is 0 Å². The number of rotatable bonds is 10. The van der Waals surface area contributed by atoms with Crippen LogP contribution in [0.2, 0.25) is 0 Å². The predicted molar refractivity (Wildman–Crippen MR) is 65.2 cm³/mol. The molecule has 0 saturated heterocycles. The van der Waals surface area contributed by atoms with Gasteiger partial charge in [-0.2, -0.15) is 0 Å². The van der Waals surface area contributed by atoms with Gasteiger partial charge in [-0.05, 0) is 32.4 Å². The van der Waals surface area contributed by atoms with Crippen LogP contribution in [0.15, 0.2) is 0 Å². The molecule has 0 rings (SSSR count). The Bertz CT molecular complexity index is 91.4. The molecular formula is C13H28N. The summed E-state index contributed by atoms with van der Waals surface area (Å²) < 4.78 is 0. The van der Waals surface area contributed by atoms with Crippen molar-refractivity contribution in [2.24, 2.45) is 0 Å². The van der Waals surface area contributed by atoms with E-state index in [1.807, 2.05) is 0 Å². The second-order valence-corrected chi connectivity index (χ2v) is 4.04. The third kappa shape index (κ3) is 8.55. The lowest BCUT2D eigenvalue weighted by atomic mass is 10.2.